The Kier molecular flexibility index (Phi) is 3.93. The van der Waals surface area contributed by atoms with Crippen LogP contribution in [0.25, 0.3) is 11.1 Å². The first-order valence-electron chi connectivity index (χ1n) is 9.29. The molecule has 1 unspecified atom stereocenters. The van der Waals surface area contributed by atoms with E-state index in [0.29, 0.717) is 21.0 Å². The van der Waals surface area contributed by atoms with Crippen LogP contribution in [0.15, 0.2) is 35.1 Å². The summed E-state index contributed by atoms with van der Waals surface area (Å²) in [5.74, 6) is -0.133. The fourth-order valence-corrected chi connectivity index (χ4v) is 5.55. The maximum Gasteiger partial charge on any atom is 0.279 e. The van der Waals surface area contributed by atoms with Crippen molar-refractivity contribution in [2.24, 2.45) is 0 Å². The average Bonchev–Trinajstić information content (AvgIpc) is 3.17. The van der Waals surface area contributed by atoms with Crippen LogP contribution >= 0.6 is 27.5 Å². The van der Waals surface area contributed by atoms with Crippen LogP contribution in [-0.2, 0) is 0 Å². The van der Waals surface area contributed by atoms with Crippen LogP contribution in [0.1, 0.15) is 58.8 Å². The number of benzene rings is 2. The Balaban J connectivity index is 1.92. The number of fused-ring (bicyclic) bond motifs is 8. The molecule has 29 heavy (non-hydrogen) atoms. The van der Waals surface area contributed by atoms with Crippen molar-refractivity contribution in [3.63, 3.8) is 0 Å². The fraction of sp³-hybridized carbons (Fsp3) is 0.227. The minimum atomic E-state index is -0.314. The summed E-state index contributed by atoms with van der Waals surface area (Å²) in [6, 6.07) is 11.4. The fourth-order valence-electron chi connectivity index (χ4n) is 4.52. The van der Waals surface area contributed by atoms with Crippen molar-refractivity contribution in [3.8, 4) is 17.2 Å². The van der Waals surface area contributed by atoms with Gasteiger partial charge in [-0.15, -0.1) is 0 Å². The van der Waals surface area contributed by atoms with Gasteiger partial charge in [-0.25, -0.2) is 4.98 Å². The molecule has 0 bridgehead atoms. The highest BCUT2D eigenvalue weighted by Crippen LogP contribution is 2.55. The number of nitrogens with zero attached hydrogens (tertiary/aromatic N) is 4. The molecule has 1 amide bonds. The lowest BCUT2D eigenvalue weighted by molar-refractivity contribution is 0.0989. The first-order chi connectivity index (χ1) is 13.8. The smallest absolute Gasteiger partial charge is 0.279 e. The second-order valence-corrected chi connectivity index (χ2v) is 8.77. The summed E-state index contributed by atoms with van der Waals surface area (Å²) in [6.45, 7) is 6.11. The van der Waals surface area contributed by atoms with Gasteiger partial charge in [0.1, 0.15) is 6.04 Å². The van der Waals surface area contributed by atoms with Gasteiger partial charge in [0.2, 0.25) is 0 Å². The number of carbonyl (C=O) groups excluding carboxylic acids is 1. The second-order valence-electron chi connectivity index (χ2n) is 7.66. The van der Waals surface area contributed by atoms with E-state index >= 15 is 0 Å². The SMILES string of the molecule is Cc1ccc(Cl)c2c1N1C(=O)c3nc(Br)n(C(C)C)c3C1c1ccc(C#N)cc1-2. The van der Waals surface area contributed by atoms with E-state index in [-0.39, 0.29) is 18.0 Å². The van der Waals surface area contributed by atoms with Gasteiger partial charge in [0, 0.05) is 11.6 Å². The van der Waals surface area contributed by atoms with Crippen molar-refractivity contribution in [2.75, 3.05) is 4.90 Å². The van der Waals surface area contributed by atoms with E-state index in [4.69, 9.17) is 11.6 Å². The standard InChI is InChI=1S/C22H16BrClN4O/c1-10(2)27-20-17(26-22(27)23)21(29)28-18-11(3)4-7-15(24)16(18)14-8-12(9-25)5-6-13(14)19(20)28/h4-8,10,19H,1-3H3. The van der Waals surface area contributed by atoms with Crippen LogP contribution in [0, 0.1) is 18.3 Å². The van der Waals surface area contributed by atoms with Crippen molar-refractivity contribution < 1.29 is 4.79 Å². The van der Waals surface area contributed by atoms with Gasteiger partial charge in [-0.2, -0.15) is 5.26 Å². The van der Waals surface area contributed by atoms with Gasteiger partial charge < -0.3 is 4.57 Å². The summed E-state index contributed by atoms with van der Waals surface area (Å²) in [5, 5.41) is 10.0. The molecule has 2 aliphatic rings. The minimum Gasteiger partial charge on any atom is -0.317 e. The van der Waals surface area contributed by atoms with Crippen LogP contribution in [0.2, 0.25) is 5.02 Å². The number of rotatable bonds is 1. The summed E-state index contributed by atoms with van der Waals surface area (Å²) in [5.41, 5.74) is 6.27. The maximum absolute atomic E-state index is 13.5. The van der Waals surface area contributed by atoms with E-state index in [1.807, 2.05) is 36.1 Å². The lowest BCUT2D eigenvalue weighted by Gasteiger charge is -2.36. The van der Waals surface area contributed by atoms with Crippen LogP contribution in [-0.4, -0.2) is 15.5 Å². The lowest BCUT2D eigenvalue weighted by atomic mass is 9.85. The van der Waals surface area contributed by atoms with Crippen molar-refractivity contribution in [2.45, 2.75) is 32.9 Å². The van der Waals surface area contributed by atoms with E-state index in [0.717, 1.165) is 33.6 Å². The molecule has 1 atom stereocenters. The summed E-state index contributed by atoms with van der Waals surface area (Å²) in [4.78, 5) is 19.9. The molecule has 1 aromatic heterocycles. The predicted octanol–water partition coefficient (Wildman–Crippen LogP) is 5.79. The molecule has 3 aromatic rings. The van der Waals surface area contributed by atoms with Gasteiger partial charge in [0.25, 0.3) is 5.91 Å². The van der Waals surface area contributed by atoms with Crippen molar-refractivity contribution in [3.05, 3.63) is 68.2 Å². The maximum atomic E-state index is 13.5. The third-order valence-corrected chi connectivity index (χ3v) is 6.55. The molecule has 7 heteroatoms. The zero-order valence-corrected chi connectivity index (χ0v) is 18.3. The zero-order valence-electron chi connectivity index (χ0n) is 16.0. The molecule has 0 N–H and O–H groups in total. The van der Waals surface area contributed by atoms with Crippen LogP contribution < -0.4 is 4.90 Å². The highest BCUT2D eigenvalue weighted by atomic mass is 79.9. The molecule has 5 nitrogen and oxygen atoms in total. The topological polar surface area (TPSA) is 61.9 Å². The third-order valence-electron chi connectivity index (χ3n) is 5.68. The summed E-state index contributed by atoms with van der Waals surface area (Å²) in [6.07, 6.45) is 0. The molecule has 0 radical (unpaired) electrons. The number of anilines is 1. The van der Waals surface area contributed by atoms with E-state index in [1.54, 1.807) is 6.07 Å². The molecule has 2 aromatic carbocycles. The highest BCUT2D eigenvalue weighted by molar-refractivity contribution is 9.10. The molecule has 144 valence electrons. The molecule has 0 saturated carbocycles. The van der Waals surface area contributed by atoms with Gasteiger partial charge in [0.15, 0.2) is 10.4 Å². The number of amides is 1. The Morgan fingerprint density at radius 2 is 2.03 bits per heavy atom. The molecule has 0 fully saturated rings. The van der Waals surface area contributed by atoms with E-state index < -0.39 is 0 Å². The zero-order chi connectivity index (χ0) is 20.6. The molecule has 3 heterocycles. The van der Waals surface area contributed by atoms with Gasteiger partial charge in [0.05, 0.1) is 28.0 Å². The summed E-state index contributed by atoms with van der Waals surface area (Å²) < 4.78 is 2.71. The Morgan fingerprint density at radius 1 is 1.28 bits per heavy atom. The van der Waals surface area contributed by atoms with Crippen molar-refractivity contribution in [1.29, 1.82) is 5.26 Å². The van der Waals surface area contributed by atoms with Gasteiger partial charge >= 0.3 is 0 Å². The quantitative estimate of drug-likeness (QED) is 0.455. The molecular formula is C22H16BrClN4O. The minimum absolute atomic E-state index is 0.122. The molecule has 0 saturated heterocycles. The van der Waals surface area contributed by atoms with Crippen LogP contribution in [0.5, 0.6) is 0 Å². The lowest BCUT2D eigenvalue weighted by Crippen LogP contribution is -2.34. The Morgan fingerprint density at radius 3 is 2.72 bits per heavy atom. The predicted molar refractivity (Wildman–Crippen MR) is 115 cm³/mol. The Labute approximate surface area is 181 Å². The molecular weight excluding hydrogens is 452 g/mol. The number of aromatic nitrogens is 2. The number of hydrogen-bond donors (Lipinski definition) is 0. The van der Waals surface area contributed by atoms with Crippen molar-refractivity contribution >= 4 is 39.1 Å². The van der Waals surface area contributed by atoms with E-state index in [1.165, 1.54) is 0 Å². The number of hydrogen-bond acceptors (Lipinski definition) is 3. The first-order valence-corrected chi connectivity index (χ1v) is 10.5. The summed E-state index contributed by atoms with van der Waals surface area (Å²) in [7, 11) is 0. The number of halogens is 2. The highest BCUT2D eigenvalue weighted by Gasteiger charge is 2.48. The van der Waals surface area contributed by atoms with Crippen molar-refractivity contribution in [1.82, 2.24) is 9.55 Å². The monoisotopic (exact) mass is 466 g/mol. The van der Waals surface area contributed by atoms with E-state index in [2.05, 4.69) is 45.4 Å². The summed E-state index contributed by atoms with van der Waals surface area (Å²) >= 11 is 10.1. The number of aryl methyl sites for hydroxylation is 1. The molecule has 0 aliphatic carbocycles. The molecule has 5 rings (SSSR count). The largest absolute Gasteiger partial charge is 0.317 e. The third kappa shape index (κ3) is 2.32. The van der Waals surface area contributed by atoms with Gasteiger partial charge in [-0.05, 0) is 71.6 Å². The average molecular weight is 468 g/mol. The number of carbonyl (C=O) groups is 1. The second kappa shape index (κ2) is 6.19. The van der Waals surface area contributed by atoms with E-state index in [9.17, 15) is 10.1 Å². The number of nitriles is 1. The number of imidazole rings is 1. The van der Waals surface area contributed by atoms with Gasteiger partial charge in [-0.1, -0.05) is 23.7 Å². The molecule has 2 aliphatic heterocycles. The normalized spacial score (nSPS) is 16.4. The van der Waals surface area contributed by atoms with Crippen LogP contribution in [0.4, 0.5) is 5.69 Å². The molecule has 0 spiro atoms. The Bertz CT molecular complexity index is 1270. The first kappa shape index (κ1) is 18.4. The van der Waals surface area contributed by atoms with Gasteiger partial charge in [-0.3, -0.25) is 9.69 Å². The Hall–Kier alpha value is -2.62. The van der Waals surface area contributed by atoms with Crippen LogP contribution in [0.3, 0.4) is 0 Å².